The average Bonchev–Trinajstić information content (AvgIpc) is 2.18. The normalized spacial score (nSPS) is 14.2. The molecule has 0 aromatic heterocycles. The van der Waals surface area contributed by atoms with Crippen LogP contribution in [0.4, 0.5) is 0 Å². The fourth-order valence-corrected chi connectivity index (χ4v) is 1.11. The smallest absolute Gasteiger partial charge is 0.316 e. The summed E-state index contributed by atoms with van der Waals surface area (Å²) in [7, 11) is 0. The van der Waals surface area contributed by atoms with Crippen LogP contribution >= 0.6 is 0 Å². The highest BCUT2D eigenvalue weighted by Crippen LogP contribution is 2.12. The van der Waals surface area contributed by atoms with Gasteiger partial charge in [0.25, 0.3) is 0 Å². The van der Waals surface area contributed by atoms with Crippen molar-refractivity contribution in [1.29, 1.82) is 0 Å². The van der Waals surface area contributed by atoms with E-state index in [4.69, 9.17) is 4.74 Å². The van der Waals surface area contributed by atoms with E-state index in [2.05, 4.69) is 0 Å². The Morgan fingerprint density at radius 3 is 2.29 bits per heavy atom. The summed E-state index contributed by atoms with van der Waals surface area (Å²) in [6, 6.07) is 0. The number of hydrogen-bond acceptors (Lipinski definition) is 4. The quantitative estimate of drug-likeness (QED) is 0.364. The summed E-state index contributed by atoms with van der Waals surface area (Å²) in [4.78, 5) is 33.1. The number of aldehydes is 1. The number of hydrogen-bond donors (Lipinski definition) is 0. The van der Waals surface area contributed by atoms with Crippen LogP contribution in [0.15, 0.2) is 0 Å². The molecule has 0 N–H and O–H groups in total. The van der Waals surface area contributed by atoms with Crippen LogP contribution in [0, 0.1) is 11.8 Å². The third-order valence-corrected chi connectivity index (χ3v) is 1.98. The predicted molar refractivity (Wildman–Crippen MR) is 50.6 cm³/mol. The minimum atomic E-state index is -0.796. The molecule has 0 aliphatic rings. The molecule has 0 saturated carbocycles. The van der Waals surface area contributed by atoms with Crippen LogP contribution in [0.25, 0.3) is 0 Å². The minimum absolute atomic E-state index is 0.248. The van der Waals surface area contributed by atoms with Gasteiger partial charge in [0.15, 0.2) is 5.78 Å². The highest BCUT2D eigenvalue weighted by atomic mass is 16.5. The molecule has 0 aromatic carbocycles. The maximum atomic E-state index is 11.5. The SMILES string of the molecule is CCOC(=O)C(CC)C(=O)C(C)C=O. The van der Waals surface area contributed by atoms with Gasteiger partial charge in [-0.15, -0.1) is 0 Å². The molecule has 2 atom stereocenters. The van der Waals surface area contributed by atoms with Gasteiger partial charge < -0.3 is 9.53 Å². The van der Waals surface area contributed by atoms with Gasteiger partial charge in [0.2, 0.25) is 0 Å². The molecule has 0 radical (unpaired) electrons. The fraction of sp³-hybridized carbons (Fsp3) is 0.700. The molecule has 0 aliphatic heterocycles. The van der Waals surface area contributed by atoms with Gasteiger partial charge in [0, 0.05) is 0 Å². The van der Waals surface area contributed by atoms with Gasteiger partial charge in [-0.3, -0.25) is 9.59 Å². The van der Waals surface area contributed by atoms with E-state index in [0.29, 0.717) is 12.7 Å². The lowest BCUT2D eigenvalue weighted by Crippen LogP contribution is -2.30. The summed E-state index contributed by atoms with van der Waals surface area (Å²) in [5.74, 6) is -2.42. The molecule has 2 unspecified atom stereocenters. The molecule has 0 rings (SSSR count). The third-order valence-electron chi connectivity index (χ3n) is 1.98. The Kier molecular flexibility index (Phi) is 5.76. The molecule has 80 valence electrons. The molecule has 0 amide bonds. The monoisotopic (exact) mass is 200 g/mol. The second kappa shape index (κ2) is 6.29. The molecule has 0 aliphatic carbocycles. The predicted octanol–water partition coefficient (Wildman–Crippen LogP) is 0.980. The Bertz CT molecular complexity index is 222. The lowest BCUT2D eigenvalue weighted by Gasteiger charge is -2.13. The molecule has 0 spiro atoms. The van der Waals surface area contributed by atoms with E-state index in [0.717, 1.165) is 0 Å². The zero-order chi connectivity index (χ0) is 11.1. The summed E-state index contributed by atoms with van der Waals surface area (Å²) in [6.07, 6.45) is 0.917. The summed E-state index contributed by atoms with van der Waals surface area (Å²) < 4.78 is 4.74. The summed E-state index contributed by atoms with van der Waals surface area (Å²) in [6.45, 7) is 5.13. The van der Waals surface area contributed by atoms with Crippen molar-refractivity contribution in [3.05, 3.63) is 0 Å². The van der Waals surface area contributed by atoms with E-state index < -0.39 is 17.8 Å². The van der Waals surface area contributed by atoms with Crippen molar-refractivity contribution in [2.75, 3.05) is 6.61 Å². The first-order valence-corrected chi connectivity index (χ1v) is 4.74. The van der Waals surface area contributed by atoms with E-state index in [1.54, 1.807) is 13.8 Å². The highest BCUT2D eigenvalue weighted by Gasteiger charge is 2.29. The van der Waals surface area contributed by atoms with Crippen molar-refractivity contribution in [2.45, 2.75) is 27.2 Å². The Labute approximate surface area is 83.6 Å². The van der Waals surface area contributed by atoms with Gasteiger partial charge in [0.1, 0.15) is 12.2 Å². The fourth-order valence-electron chi connectivity index (χ4n) is 1.11. The van der Waals surface area contributed by atoms with Gasteiger partial charge in [-0.05, 0) is 20.3 Å². The number of carbonyl (C=O) groups is 3. The van der Waals surface area contributed by atoms with Crippen LogP contribution in [-0.2, 0) is 19.1 Å². The highest BCUT2D eigenvalue weighted by molar-refractivity contribution is 6.05. The van der Waals surface area contributed by atoms with Crippen LogP contribution in [0.3, 0.4) is 0 Å². The van der Waals surface area contributed by atoms with Crippen molar-refractivity contribution >= 4 is 18.0 Å². The van der Waals surface area contributed by atoms with Crippen molar-refractivity contribution in [1.82, 2.24) is 0 Å². The van der Waals surface area contributed by atoms with Gasteiger partial charge in [0.05, 0.1) is 12.5 Å². The minimum Gasteiger partial charge on any atom is -0.465 e. The lowest BCUT2D eigenvalue weighted by atomic mass is 9.93. The van der Waals surface area contributed by atoms with Crippen LogP contribution in [0.1, 0.15) is 27.2 Å². The zero-order valence-electron chi connectivity index (χ0n) is 8.78. The molecule has 0 bridgehead atoms. The second-order valence-electron chi connectivity index (χ2n) is 3.04. The molecule has 4 heteroatoms. The standard InChI is InChI=1S/C10H16O4/c1-4-8(10(13)14-5-2)9(12)7(3)6-11/h6-8H,4-5H2,1-3H3. The molecule has 0 fully saturated rings. The summed E-state index contributed by atoms with van der Waals surface area (Å²) in [5, 5.41) is 0. The summed E-state index contributed by atoms with van der Waals surface area (Å²) in [5.41, 5.74) is 0. The first-order chi connectivity index (χ1) is 6.58. The van der Waals surface area contributed by atoms with Crippen molar-refractivity contribution in [2.24, 2.45) is 11.8 Å². The van der Waals surface area contributed by atoms with Crippen LogP contribution < -0.4 is 0 Å². The third kappa shape index (κ3) is 3.28. The Morgan fingerprint density at radius 1 is 1.36 bits per heavy atom. The van der Waals surface area contributed by atoms with Gasteiger partial charge in [-0.1, -0.05) is 6.92 Å². The number of ketones is 1. The number of ether oxygens (including phenoxy) is 1. The maximum absolute atomic E-state index is 11.5. The molecule has 0 saturated heterocycles. The van der Waals surface area contributed by atoms with Crippen LogP contribution in [0.2, 0.25) is 0 Å². The van der Waals surface area contributed by atoms with E-state index in [9.17, 15) is 14.4 Å². The van der Waals surface area contributed by atoms with Crippen molar-refractivity contribution in [3.8, 4) is 0 Å². The Morgan fingerprint density at radius 2 is 1.93 bits per heavy atom. The van der Waals surface area contributed by atoms with Crippen LogP contribution in [0.5, 0.6) is 0 Å². The molecule has 4 nitrogen and oxygen atoms in total. The molecular formula is C10H16O4. The van der Waals surface area contributed by atoms with E-state index in [1.165, 1.54) is 6.92 Å². The lowest BCUT2D eigenvalue weighted by molar-refractivity contribution is -0.152. The molecule has 0 aromatic rings. The Balaban J connectivity index is 4.47. The van der Waals surface area contributed by atoms with Crippen molar-refractivity contribution < 1.29 is 19.1 Å². The van der Waals surface area contributed by atoms with Crippen LogP contribution in [-0.4, -0.2) is 24.6 Å². The van der Waals surface area contributed by atoms with E-state index in [-0.39, 0.29) is 12.4 Å². The number of carbonyl (C=O) groups excluding carboxylic acids is 3. The van der Waals surface area contributed by atoms with Crippen molar-refractivity contribution in [3.63, 3.8) is 0 Å². The largest absolute Gasteiger partial charge is 0.465 e. The van der Waals surface area contributed by atoms with Gasteiger partial charge in [-0.2, -0.15) is 0 Å². The maximum Gasteiger partial charge on any atom is 0.316 e. The molecule has 14 heavy (non-hydrogen) atoms. The first-order valence-electron chi connectivity index (χ1n) is 4.74. The van der Waals surface area contributed by atoms with Gasteiger partial charge >= 0.3 is 5.97 Å². The van der Waals surface area contributed by atoms with Gasteiger partial charge in [-0.25, -0.2) is 0 Å². The first kappa shape index (κ1) is 12.8. The summed E-state index contributed by atoms with van der Waals surface area (Å²) >= 11 is 0. The number of esters is 1. The van der Waals surface area contributed by atoms with E-state index in [1.807, 2.05) is 0 Å². The second-order valence-corrected chi connectivity index (χ2v) is 3.04. The molecule has 0 heterocycles. The Hall–Kier alpha value is -1.19. The number of rotatable bonds is 6. The number of Topliss-reactive ketones (excluding diaryl/α,β-unsaturated/α-hetero) is 1. The average molecular weight is 200 g/mol. The topological polar surface area (TPSA) is 60.4 Å². The zero-order valence-corrected chi connectivity index (χ0v) is 8.78. The van der Waals surface area contributed by atoms with E-state index >= 15 is 0 Å². The molecular weight excluding hydrogens is 184 g/mol.